The third kappa shape index (κ3) is 6.04. The second-order valence-electron chi connectivity index (χ2n) is 5.19. The maximum Gasteiger partial charge on any atom is 0.325 e. The van der Waals surface area contributed by atoms with E-state index in [-0.39, 0.29) is 18.9 Å². The van der Waals surface area contributed by atoms with E-state index >= 15 is 0 Å². The number of benzene rings is 2. The lowest BCUT2D eigenvalue weighted by Crippen LogP contribution is -2.30. The molecule has 0 heterocycles. The molecule has 0 aliphatic rings. The second-order valence-corrected chi connectivity index (χ2v) is 6.11. The van der Waals surface area contributed by atoms with Crippen molar-refractivity contribution in [2.24, 2.45) is 0 Å². The summed E-state index contributed by atoms with van der Waals surface area (Å²) in [5.74, 6) is -1.07. The van der Waals surface area contributed by atoms with E-state index < -0.39 is 11.9 Å². The zero-order chi connectivity index (χ0) is 18.2. The van der Waals surface area contributed by atoms with Crippen LogP contribution in [0.25, 0.3) is 0 Å². The minimum Gasteiger partial charge on any atom is -0.468 e. The van der Waals surface area contributed by atoms with E-state index in [4.69, 9.17) is 0 Å². The van der Waals surface area contributed by atoms with Gasteiger partial charge in [-0.15, -0.1) is 0 Å². The van der Waals surface area contributed by atoms with E-state index in [2.05, 4.69) is 31.3 Å². The van der Waals surface area contributed by atoms with Gasteiger partial charge >= 0.3 is 5.97 Å². The Morgan fingerprint density at radius 3 is 2.44 bits per heavy atom. The molecule has 0 unspecified atom stereocenters. The Bertz CT molecular complexity index is 775. The zero-order valence-electron chi connectivity index (χ0n) is 13.5. The number of ether oxygens (including phenoxy) is 1. The van der Waals surface area contributed by atoms with Gasteiger partial charge in [0, 0.05) is 15.7 Å². The van der Waals surface area contributed by atoms with Gasteiger partial charge in [0.25, 0.3) is 5.91 Å². The molecule has 2 rings (SSSR count). The lowest BCUT2D eigenvalue weighted by atomic mass is 10.1. The fraction of sp³-hybridized carbons (Fsp3) is 0.167. The maximum absolute atomic E-state index is 12.1. The van der Waals surface area contributed by atoms with Gasteiger partial charge in [-0.2, -0.15) is 0 Å². The first-order valence-corrected chi connectivity index (χ1v) is 8.26. The average Bonchev–Trinajstić information content (AvgIpc) is 2.59. The lowest BCUT2D eigenvalue weighted by Gasteiger charge is -2.07. The third-order valence-corrected chi connectivity index (χ3v) is 3.80. The van der Waals surface area contributed by atoms with Crippen molar-refractivity contribution in [3.8, 4) is 0 Å². The van der Waals surface area contributed by atoms with Crippen molar-refractivity contribution in [2.45, 2.75) is 6.42 Å². The minimum atomic E-state index is -0.523. The number of anilines is 1. The normalized spacial score (nSPS) is 10.0. The number of carbonyl (C=O) groups excluding carboxylic acids is 3. The van der Waals surface area contributed by atoms with Gasteiger partial charge in [0.1, 0.15) is 6.54 Å². The van der Waals surface area contributed by atoms with Crippen LogP contribution < -0.4 is 10.6 Å². The fourth-order valence-electron chi connectivity index (χ4n) is 2.07. The topological polar surface area (TPSA) is 84.5 Å². The van der Waals surface area contributed by atoms with Crippen molar-refractivity contribution >= 4 is 39.4 Å². The van der Waals surface area contributed by atoms with Crippen LogP contribution in [0.5, 0.6) is 0 Å². The number of halogens is 1. The van der Waals surface area contributed by atoms with Gasteiger partial charge in [0.15, 0.2) is 0 Å². The predicted octanol–water partition coefficient (Wildman–Crippen LogP) is 2.53. The Labute approximate surface area is 153 Å². The van der Waals surface area contributed by atoms with E-state index in [1.165, 1.54) is 7.11 Å². The molecule has 7 heteroatoms. The van der Waals surface area contributed by atoms with Crippen LogP contribution in [0.15, 0.2) is 53.0 Å². The molecule has 2 N–H and O–H groups in total. The van der Waals surface area contributed by atoms with Crippen LogP contribution in [0.2, 0.25) is 0 Å². The van der Waals surface area contributed by atoms with Crippen molar-refractivity contribution in [3.63, 3.8) is 0 Å². The molecule has 0 aromatic heterocycles. The van der Waals surface area contributed by atoms with Gasteiger partial charge in [0.2, 0.25) is 5.91 Å². The highest BCUT2D eigenvalue weighted by Crippen LogP contribution is 2.14. The quantitative estimate of drug-likeness (QED) is 0.724. The SMILES string of the molecule is COC(=O)CNC(=O)c1ccc(NC(=O)Cc2cccc(Br)c2)cc1. The molecule has 0 atom stereocenters. The number of amides is 2. The van der Waals surface area contributed by atoms with Gasteiger partial charge in [-0.05, 0) is 42.0 Å². The van der Waals surface area contributed by atoms with Crippen molar-refractivity contribution in [1.82, 2.24) is 5.32 Å². The van der Waals surface area contributed by atoms with Crippen LogP contribution in [-0.4, -0.2) is 31.4 Å². The Morgan fingerprint density at radius 1 is 1.08 bits per heavy atom. The molecule has 0 bridgehead atoms. The molecular formula is C18H17BrN2O4. The average molecular weight is 405 g/mol. The summed E-state index contributed by atoms with van der Waals surface area (Å²) in [6.07, 6.45) is 0.251. The first-order valence-electron chi connectivity index (χ1n) is 7.47. The van der Waals surface area contributed by atoms with Crippen LogP contribution in [0.3, 0.4) is 0 Å². The molecule has 2 amide bonds. The maximum atomic E-state index is 12.1. The van der Waals surface area contributed by atoms with Crippen molar-refractivity contribution < 1.29 is 19.1 Å². The molecule has 0 saturated heterocycles. The van der Waals surface area contributed by atoms with Crippen molar-refractivity contribution in [1.29, 1.82) is 0 Å². The molecule has 0 radical (unpaired) electrons. The summed E-state index contributed by atoms with van der Waals surface area (Å²) in [4.78, 5) is 34.9. The van der Waals surface area contributed by atoms with Gasteiger partial charge in [-0.1, -0.05) is 28.1 Å². The van der Waals surface area contributed by atoms with E-state index in [9.17, 15) is 14.4 Å². The molecule has 6 nitrogen and oxygen atoms in total. The number of carbonyl (C=O) groups is 3. The third-order valence-electron chi connectivity index (χ3n) is 3.31. The standard InChI is InChI=1S/C18H17BrN2O4/c1-25-17(23)11-20-18(24)13-5-7-15(8-6-13)21-16(22)10-12-3-2-4-14(19)9-12/h2-9H,10-11H2,1H3,(H,20,24)(H,21,22). The van der Waals surface area contributed by atoms with Crippen LogP contribution in [0.1, 0.15) is 15.9 Å². The highest BCUT2D eigenvalue weighted by Gasteiger charge is 2.09. The Kier molecular flexibility index (Phi) is 6.71. The second kappa shape index (κ2) is 8.98. The highest BCUT2D eigenvalue weighted by atomic mass is 79.9. The van der Waals surface area contributed by atoms with Gasteiger partial charge in [0.05, 0.1) is 13.5 Å². The predicted molar refractivity (Wildman–Crippen MR) is 97.3 cm³/mol. The van der Waals surface area contributed by atoms with Crippen molar-refractivity contribution in [3.05, 3.63) is 64.1 Å². The molecule has 0 aliphatic heterocycles. The van der Waals surface area contributed by atoms with Crippen LogP contribution >= 0.6 is 15.9 Å². The summed E-state index contributed by atoms with van der Waals surface area (Å²) in [6.45, 7) is -0.194. The van der Waals surface area contributed by atoms with E-state index in [1.807, 2.05) is 24.3 Å². The Balaban J connectivity index is 1.90. The Morgan fingerprint density at radius 2 is 1.80 bits per heavy atom. The number of esters is 1. The first kappa shape index (κ1) is 18.7. The molecule has 25 heavy (non-hydrogen) atoms. The molecule has 0 saturated carbocycles. The smallest absolute Gasteiger partial charge is 0.325 e. The molecule has 0 aliphatic carbocycles. The van der Waals surface area contributed by atoms with E-state index in [1.54, 1.807) is 24.3 Å². The first-order chi connectivity index (χ1) is 12.0. The lowest BCUT2D eigenvalue weighted by molar-refractivity contribution is -0.139. The summed E-state index contributed by atoms with van der Waals surface area (Å²) < 4.78 is 5.37. The van der Waals surface area contributed by atoms with Crippen LogP contribution in [0.4, 0.5) is 5.69 Å². The number of rotatable bonds is 6. The molecule has 2 aromatic carbocycles. The minimum absolute atomic E-state index is 0.152. The summed E-state index contributed by atoms with van der Waals surface area (Å²) in [5.41, 5.74) is 1.86. The summed E-state index contributed by atoms with van der Waals surface area (Å²) in [5, 5.41) is 5.22. The molecule has 0 spiro atoms. The van der Waals surface area contributed by atoms with Crippen LogP contribution in [-0.2, 0) is 20.7 Å². The fourth-order valence-corrected chi connectivity index (χ4v) is 2.52. The largest absolute Gasteiger partial charge is 0.468 e. The van der Waals surface area contributed by atoms with Gasteiger partial charge in [-0.3, -0.25) is 14.4 Å². The zero-order valence-corrected chi connectivity index (χ0v) is 15.1. The number of nitrogens with one attached hydrogen (secondary N) is 2. The van der Waals surface area contributed by atoms with E-state index in [0.717, 1.165) is 10.0 Å². The summed E-state index contributed by atoms with van der Waals surface area (Å²) in [7, 11) is 1.25. The monoisotopic (exact) mass is 404 g/mol. The molecule has 130 valence electrons. The highest BCUT2D eigenvalue weighted by molar-refractivity contribution is 9.10. The Hall–Kier alpha value is -2.67. The molecule has 0 fully saturated rings. The van der Waals surface area contributed by atoms with Gasteiger partial charge < -0.3 is 15.4 Å². The summed E-state index contributed by atoms with van der Waals surface area (Å²) in [6, 6.07) is 13.9. The molecular weight excluding hydrogens is 388 g/mol. The molecule has 2 aromatic rings. The van der Waals surface area contributed by atoms with Gasteiger partial charge in [-0.25, -0.2) is 0 Å². The number of hydrogen-bond acceptors (Lipinski definition) is 4. The number of hydrogen-bond donors (Lipinski definition) is 2. The van der Waals surface area contributed by atoms with Crippen molar-refractivity contribution in [2.75, 3.05) is 19.0 Å². The van der Waals surface area contributed by atoms with E-state index in [0.29, 0.717) is 11.3 Å². The number of methoxy groups -OCH3 is 1. The van der Waals surface area contributed by atoms with Crippen LogP contribution in [0, 0.1) is 0 Å². The summed E-state index contributed by atoms with van der Waals surface area (Å²) >= 11 is 3.37.